The Morgan fingerprint density at radius 1 is 0.352 bits per heavy atom. The summed E-state index contributed by atoms with van der Waals surface area (Å²) in [5.74, 6) is 1.33. The number of aliphatic hydroxyl groups excluding tert-OH is 2. The van der Waals surface area contributed by atoms with Crippen molar-refractivity contribution in [3.05, 3.63) is 390 Å². The van der Waals surface area contributed by atoms with Crippen molar-refractivity contribution in [2.45, 2.75) is 75.9 Å². The van der Waals surface area contributed by atoms with Gasteiger partial charge in [0.1, 0.15) is 0 Å². The molecule has 6 unspecified atom stereocenters. The van der Waals surface area contributed by atoms with Crippen LogP contribution in [0.5, 0.6) is 23.0 Å². The molecule has 122 heavy (non-hydrogen) atoms. The number of hydrogen-bond acceptors (Lipinski definition) is 14. The Labute approximate surface area is 788 Å². The van der Waals surface area contributed by atoms with Gasteiger partial charge in [-0.15, -0.1) is 0 Å². The third kappa shape index (κ3) is 28.1. The van der Waals surface area contributed by atoms with E-state index >= 15 is 0 Å². The smallest absolute Gasteiger partial charge is 0.305 e. The molecular weight excluding hydrogens is 1950 g/mol. The molecule has 17 nitrogen and oxygen atoms in total. The van der Waals surface area contributed by atoms with Gasteiger partial charge < -0.3 is 67.0 Å². The van der Waals surface area contributed by atoms with Gasteiger partial charge in [0.05, 0.1) is 27.8 Å². The van der Waals surface area contributed by atoms with E-state index < -0.39 is 0 Å². The fraction of sp³-hybridized carbons (Fsp3) is 0.204. The van der Waals surface area contributed by atoms with Crippen molar-refractivity contribution < 1.29 is 141 Å². The summed E-state index contributed by atoms with van der Waals surface area (Å²) in [6.45, 7) is 11.6. The molecule has 11 N–H and O–H groups in total. The van der Waals surface area contributed by atoms with Gasteiger partial charge in [-0.1, -0.05) is 244 Å². The molecule has 2 radical (unpaired) electrons. The molecule has 6 atom stereocenters. The Kier molecular flexibility index (Phi) is 37.9. The molecule has 13 rings (SSSR count). The minimum Gasteiger partial charge on any atom is -0.493 e. The second-order valence-electron chi connectivity index (χ2n) is 29.9. The van der Waals surface area contributed by atoms with E-state index in [4.69, 9.17) is 40.9 Å². The summed E-state index contributed by atoms with van der Waals surface area (Å²) >= 11 is 0. The molecule has 1 aliphatic rings. The zero-order valence-electron chi connectivity index (χ0n) is 69.4. The van der Waals surface area contributed by atoms with Gasteiger partial charge in [-0.25, -0.2) is 0 Å². The summed E-state index contributed by atoms with van der Waals surface area (Å²) in [6, 6.07) is 97.2. The molecule has 3 amide bonds. The Bertz CT molecular complexity index is 5390. The van der Waals surface area contributed by atoms with Crippen LogP contribution in [0, 0.1) is 106 Å². The number of aliphatic hydroxyl groups is 2. The van der Waals surface area contributed by atoms with E-state index in [1.807, 2.05) is 279 Å². The minimum absolute atomic E-state index is 0. The first kappa shape index (κ1) is 95.0. The average Bonchev–Trinajstić information content (AvgIpc) is 1.41. The van der Waals surface area contributed by atoms with E-state index in [9.17, 15) is 29.4 Å². The maximum absolute atomic E-state index is 13.5. The molecular formula is C103H106Ac2N6O11. The number of carbonyl (C=O) groups excluding carboxylic acids is 4. The van der Waals surface area contributed by atoms with Crippen LogP contribution in [0.25, 0.3) is 50.5 Å². The third-order valence-corrected chi connectivity index (χ3v) is 21.6. The van der Waals surface area contributed by atoms with Crippen LogP contribution in [0.2, 0.25) is 0 Å². The molecule has 0 saturated carbocycles. The quantitative estimate of drug-likeness (QED) is 0.0172. The maximum atomic E-state index is 13.5. The van der Waals surface area contributed by atoms with Gasteiger partial charge in [-0.05, 0) is 220 Å². The standard InChI is InChI=1S/C35H38N2O4.C34H34N2O4.C34H34N2O3.2Ac/c1-24(36)29-11-7-10-26(20-29)21-31(23-38)32(18-12-25-8-5-4-6-9-25)37-35(39)28-15-13-27(14-16-28)30-17-19-33(40-2)34(22-30)41-3;1-23(35)28-9-5-8-25(18-28)19-30(21-37)31(16-10-24-6-3-2-4-7-24)36-34(38)27-13-11-26(12-14-27)29-15-17-32-33(20-29)40-22-39-32;1-24(35)30-15-9-12-26(20-30)21-31(23-33(37)39-2)32(22-25-10-5-3-6-11-25)36-34(38)29-18-16-28(17-19-29)27-13-7-4-8-14-27;;/h4-11,13-17,19-20,22,31-32,38H,1,12,18,21,23,36H2,2-3H3,(H,37,39);2-9,11-15,17-18,20,30-31,37H,1,10,16,19,21-22,35H2,(H,36,38);3-20,31-32H,1,21-23,35H2,2H3,(H,36,38);;. The van der Waals surface area contributed by atoms with Crippen molar-refractivity contribution in [2.75, 3.05) is 41.3 Å². The van der Waals surface area contributed by atoms with Crippen molar-refractivity contribution in [3.63, 3.8) is 0 Å². The predicted octanol–water partition coefficient (Wildman–Crippen LogP) is 17.5. The number of benzene rings is 12. The molecule has 0 fully saturated rings. The molecule has 1 aliphatic heterocycles. The van der Waals surface area contributed by atoms with Crippen LogP contribution in [-0.4, -0.2) is 93.4 Å². The molecule has 19 heteroatoms. The fourth-order valence-corrected chi connectivity index (χ4v) is 14.8. The summed E-state index contributed by atoms with van der Waals surface area (Å²) in [5.41, 5.74) is 36.0. The zero-order valence-corrected chi connectivity index (χ0v) is 78.9. The Morgan fingerprint density at radius 3 is 1.10 bits per heavy atom. The first-order valence-corrected chi connectivity index (χ1v) is 40.3. The molecule has 12 aromatic rings. The van der Waals surface area contributed by atoms with Crippen LogP contribution in [0.4, 0.5) is 0 Å². The topological polar surface area (TPSA) is 269 Å². The number of fused-ring (bicyclic) bond motifs is 1. The summed E-state index contributed by atoms with van der Waals surface area (Å²) < 4.78 is 26.7. The maximum Gasteiger partial charge on any atom is 0.305 e. The predicted molar refractivity (Wildman–Crippen MR) is 480 cm³/mol. The molecule has 0 bridgehead atoms. The third-order valence-electron chi connectivity index (χ3n) is 21.6. The van der Waals surface area contributed by atoms with Crippen molar-refractivity contribution in [1.82, 2.24) is 16.0 Å². The number of ether oxygens (including phenoxy) is 5. The number of carbonyl (C=O) groups is 4. The summed E-state index contributed by atoms with van der Waals surface area (Å²) in [6.07, 6.45) is 5.42. The van der Waals surface area contributed by atoms with E-state index in [1.54, 1.807) is 14.2 Å². The van der Waals surface area contributed by atoms with E-state index in [1.165, 1.54) is 18.2 Å². The van der Waals surface area contributed by atoms with Crippen LogP contribution in [-0.2, 0) is 48.1 Å². The SMILES string of the molecule is C=C(N)c1cccc(CC(CC(=O)OC)C(Cc2ccccc2)NC(=O)c2ccc(-c3ccccc3)cc2)c1.C=C(N)c1cccc(CC(CO)C(CCc2ccccc2)NC(=O)c2ccc(-c3ccc(OC)c(OC)c3)cc2)c1.C=C(N)c1cccc(CC(CO)C(CCc2ccccc2)NC(=O)c2ccc(-c3ccc4c(c3)OCO4)cc2)c1.[Ac].[Ac]. The molecule has 12 aromatic carbocycles. The van der Waals surface area contributed by atoms with E-state index in [0.717, 1.165) is 96.7 Å². The zero-order chi connectivity index (χ0) is 84.7. The second kappa shape index (κ2) is 48.7. The summed E-state index contributed by atoms with van der Waals surface area (Å²) in [7, 11) is 4.60. The number of nitrogens with two attached hydrogens (primary N) is 3. The molecule has 0 aromatic heterocycles. The number of rotatable bonds is 35. The Balaban J connectivity index is 0.000000206. The monoisotopic (exact) mass is 2060 g/mol. The number of nitrogens with one attached hydrogen (secondary N) is 3. The van der Waals surface area contributed by atoms with Crippen molar-refractivity contribution >= 4 is 40.8 Å². The second-order valence-corrected chi connectivity index (χ2v) is 29.9. The van der Waals surface area contributed by atoms with Gasteiger partial charge in [-0.3, -0.25) is 19.2 Å². The Hall–Kier alpha value is -10.9. The number of hydrogen-bond donors (Lipinski definition) is 8. The van der Waals surface area contributed by atoms with Crippen LogP contribution in [0.3, 0.4) is 0 Å². The first-order chi connectivity index (χ1) is 58.3. The first-order valence-electron chi connectivity index (χ1n) is 40.3. The van der Waals surface area contributed by atoms with Gasteiger partial charge in [0.2, 0.25) is 6.79 Å². The number of esters is 1. The summed E-state index contributed by atoms with van der Waals surface area (Å²) in [4.78, 5) is 52.9. The van der Waals surface area contributed by atoms with E-state index in [-0.39, 0.29) is 174 Å². The average molecular weight is 2060 g/mol. The number of aryl methyl sites for hydroxylation is 2. The normalized spacial score (nSPS) is 12.4. The number of amides is 3. The van der Waals surface area contributed by atoms with Gasteiger partial charge in [0, 0.05) is 165 Å². The minimum atomic E-state index is -0.322. The fourth-order valence-electron chi connectivity index (χ4n) is 14.8. The van der Waals surface area contributed by atoms with Crippen LogP contribution < -0.4 is 52.1 Å². The molecule has 0 saturated heterocycles. The van der Waals surface area contributed by atoms with Crippen LogP contribution in [0.15, 0.2) is 323 Å². The largest absolute Gasteiger partial charge is 0.493 e. The van der Waals surface area contributed by atoms with Crippen LogP contribution >= 0.6 is 0 Å². The number of methoxy groups -OCH3 is 3. The summed E-state index contributed by atoms with van der Waals surface area (Å²) in [5, 5.41) is 30.6. The molecule has 620 valence electrons. The van der Waals surface area contributed by atoms with Gasteiger partial charge >= 0.3 is 5.97 Å². The van der Waals surface area contributed by atoms with Crippen molar-refractivity contribution in [3.8, 4) is 56.4 Å². The molecule has 0 aliphatic carbocycles. The van der Waals surface area contributed by atoms with Crippen molar-refractivity contribution in [2.24, 2.45) is 35.0 Å². The van der Waals surface area contributed by atoms with Gasteiger partial charge in [0.15, 0.2) is 23.0 Å². The molecule has 0 spiro atoms. The van der Waals surface area contributed by atoms with E-state index in [0.29, 0.717) is 83.8 Å². The van der Waals surface area contributed by atoms with E-state index in [2.05, 4.69) is 60.0 Å². The Morgan fingerprint density at radius 2 is 0.697 bits per heavy atom. The van der Waals surface area contributed by atoms with Gasteiger partial charge in [0.25, 0.3) is 17.7 Å². The van der Waals surface area contributed by atoms with Crippen LogP contribution in [0.1, 0.15) is 100 Å². The van der Waals surface area contributed by atoms with Crippen molar-refractivity contribution in [1.29, 1.82) is 0 Å². The van der Waals surface area contributed by atoms with Gasteiger partial charge in [-0.2, -0.15) is 0 Å². The molecule has 1 heterocycles.